The van der Waals surface area contributed by atoms with Crippen molar-refractivity contribution in [2.24, 2.45) is 0 Å². The Morgan fingerprint density at radius 1 is 1.22 bits per heavy atom. The van der Waals surface area contributed by atoms with E-state index < -0.39 is 24.2 Å². The minimum absolute atomic E-state index is 0.0235. The Bertz CT molecular complexity index is 705. The third-order valence-electron chi connectivity index (χ3n) is 5.31. The average Bonchev–Trinajstić information content (AvgIpc) is 3.21. The van der Waals surface area contributed by atoms with E-state index >= 15 is 0 Å². The molecule has 0 radical (unpaired) electrons. The van der Waals surface area contributed by atoms with Crippen LogP contribution in [0.3, 0.4) is 0 Å². The van der Waals surface area contributed by atoms with Crippen molar-refractivity contribution in [1.29, 1.82) is 0 Å². The number of hydrogen-bond acceptors (Lipinski definition) is 3. The third kappa shape index (κ3) is 4.33. The van der Waals surface area contributed by atoms with E-state index in [0.717, 1.165) is 31.3 Å². The molecule has 1 fully saturated rings. The van der Waals surface area contributed by atoms with Crippen molar-refractivity contribution < 1.29 is 22.8 Å². The van der Waals surface area contributed by atoms with Gasteiger partial charge in [-0.3, -0.25) is 9.59 Å². The van der Waals surface area contributed by atoms with Gasteiger partial charge in [-0.25, -0.2) is 4.98 Å². The van der Waals surface area contributed by atoms with Gasteiger partial charge in [-0.15, -0.1) is 0 Å². The molecule has 0 atom stereocenters. The summed E-state index contributed by atoms with van der Waals surface area (Å²) in [7, 11) is 0. The summed E-state index contributed by atoms with van der Waals surface area (Å²) in [6.07, 6.45) is 6.21. The van der Waals surface area contributed by atoms with Crippen molar-refractivity contribution in [3.8, 4) is 0 Å². The molecule has 0 bridgehead atoms. The van der Waals surface area contributed by atoms with Crippen molar-refractivity contribution >= 4 is 11.8 Å². The molecule has 1 saturated heterocycles. The van der Waals surface area contributed by atoms with Crippen LogP contribution >= 0.6 is 0 Å². The Morgan fingerprint density at radius 3 is 2.52 bits per heavy atom. The van der Waals surface area contributed by atoms with Crippen LogP contribution < -0.4 is 5.32 Å². The van der Waals surface area contributed by atoms with Crippen LogP contribution in [0.15, 0.2) is 30.4 Å². The molecule has 0 spiro atoms. The molecular weight excluding hydrogens is 361 g/mol. The van der Waals surface area contributed by atoms with E-state index in [1.54, 1.807) is 15.7 Å². The fourth-order valence-corrected chi connectivity index (χ4v) is 3.78. The van der Waals surface area contributed by atoms with Gasteiger partial charge in [0.15, 0.2) is 0 Å². The first-order chi connectivity index (χ1) is 12.8. The molecule has 27 heavy (non-hydrogen) atoms. The minimum atomic E-state index is -4.48. The van der Waals surface area contributed by atoms with Gasteiger partial charge >= 0.3 is 6.18 Å². The molecule has 9 heteroatoms. The number of aromatic nitrogens is 2. The van der Waals surface area contributed by atoms with Gasteiger partial charge in [-0.2, -0.15) is 13.2 Å². The number of halogens is 3. The first-order valence-electron chi connectivity index (χ1n) is 9.14. The summed E-state index contributed by atoms with van der Waals surface area (Å²) >= 11 is 0. The van der Waals surface area contributed by atoms with Crippen LogP contribution in [0.4, 0.5) is 13.2 Å². The number of carbonyl (C=O) groups excluding carboxylic acids is 2. The molecule has 2 heterocycles. The van der Waals surface area contributed by atoms with Crippen molar-refractivity contribution in [3.63, 3.8) is 0 Å². The fraction of sp³-hybridized carbons (Fsp3) is 0.611. The molecular formula is C18H23F3N4O2. The predicted molar refractivity (Wildman–Crippen MR) is 91.6 cm³/mol. The van der Waals surface area contributed by atoms with E-state index in [1.165, 1.54) is 12.5 Å². The Hall–Kier alpha value is -2.32. The highest BCUT2D eigenvalue weighted by Gasteiger charge is 2.45. The van der Waals surface area contributed by atoms with Crippen LogP contribution in [0, 0.1) is 0 Å². The number of rotatable bonds is 4. The van der Waals surface area contributed by atoms with Gasteiger partial charge in [-0.05, 0) is 38.5 Å². The molecule has 6 nitrogen and oxygen atoms in total. The monoisotopic (exact) mass is 384 g/mol. The molecule has 1 aliphatic carbocycles. The predicted octanol–water partition coefficient (Wildman–Crippen LogP) is 2.38. The quantitative estimate of drug-likeness (QED) is 0.867. The van der Waals surface area contributed by atoms with E-state index in [9.17, 15) is 22.8 Å². The zero-order valence-corrected chi connectivity index (χ0v) is 15.0. The molecule has 1 aliphatic heterocycles. The zero-order valence-electron chi connectivity index (χ0n) is 15.0. The lowest BCUT2D eigenvalue weighted by Crippen LogP contribution is -2.56. The number of nitrogens with zero attached hydrogens (tertiary/aromatic N) is 3. The van der Waals surface area contributed by atoms with E-state index in [1.807, 2.05) is 11.4 Å². The maximum atomic E-state index is 12.7. The van der Waals surface area contributed by atoms with Crippen molar-refractivity contribution in [2.45, 2.75) is 50.2 Å². The Kier molecular flexibility index (Phi) is 5.57. The number of nitrogens with one attached hydrogen (secondary N) is 1. The third-order valence-corrected chi connectivity index (χ3v) is 5.31. The number of allylic oxidation sites excluding steroid dienone is 1. The van der Waals surface area contributed by atoms with E-state index in [-0.39, 0.29) is 18.7 Å². The van der Waals surface area contributed by atoms with Gasteiger partial charge in [-0.1, -0.05) is 6.08 Å². The molecule has 2 aliphatic rings. The number of imidazole rings is 1. The summed E-state index contributed by atoms with van der Waals surface area (Å²) < 4.78 is 39.1. The lowest BCUT2D eigenvalue weighted by molar-refractivity contribution is -0.147. The Morgan fingerprint density at radius 2 is 1.96 bits per heavy atom. The van der Waals surface area contributed by atoms with Gasteiger partial charge in [0.2, 0.25) is 11.8 Å². The topological polar surface area (TPSA) is 67.2 Å². The summed E-state index contributed by atoms with van der Waals surface area (Å²) in [5, 5.41) is 2.00. The summed E-state index contributed by atoms with van der Waals surface area (Å²) in [5.74, 6) is -0.716. The van der Waals surface area contributed by atoms with Crippen LogP contribution in [-0.4, -0.2) is 52.1 Å². The summed E-state index contributed by atoms with van der Waals surface area (Å²) in [6, 6.07) is 0. The molecule has 1 N–H and O–H groups in total. The molecule has 0 unspecified atom stereocenters. The van der Waals surface area contributed by atoms with Gasteiger partial charge in [0.25, 0.3) is 0 Å². The number of carbonyl (C=O) groups is 2. The first kappa shape index (κ1) is 19.4. The SMILES string of the molecule is O=C(C1=CCCCC1)N1CCC(C(=O)NCC(F)(F)F)(n2ccnc2)CC1. The molecule has 1 aromatic heterocycles. The number of likely N-dealkylation sites (tertiary alicyclic amines) is 1. The Balaban J connectivity index is 1.72. The summed E-state index contributed by atoms with van der Waals surface area (Å²) in [6.45, 7) is -0.751. The van der Waals surface area contributed by atoms with E-state index in [2.05, 4.69) is 4.98 Å². The fourth-order valence-electron chi connectivity index (χ4n) is 3.78. The number of piperidine rings is 1. The van der Waals surface area contributed by atoms with Crippen LogP contribution in [0.1, 0.15) is 38.5 Å². The molecule has 2 amide bonds. The maximum Gasteiger partial charge on any atom is 0.405 e. The largest absolute Gasteiger partial charge is 0.405 e. The lowest BCUT2D eigenvalue weighted by Gasteiger charge is -2.41. The molecule has 3 rings (SSSR count). The second-order valence-corrected chi connectivity index (χ2v) is 7.07. The normalized spacial score (nSPS) is 20.1. The summed E-state index contributed by atoms with van der Waals surface area (Å²) in [4.78, 5) is 31.0. The second kappa shape index (κ2) is 7.74. The number of alkyl halides is 3. The molecule has 0 aromatic carbocycles. The maximum absolute atomic E-state index is 12.7. The van der Waals surface area contributed by atoms with Gasteiger partial charge in [0.05, 0.1) is 6.33 Å². The molecule has 0 saturated carbocycles. The number of amides is 2. The summed E-state index contributed by atoms with van der Waals surface area (Å²) in [5.41, 5.74) is -0.364. The smallest absolute Gasteiger partial charge is 0.345 e. The van der Waals surface area contributed by atoms with Gasteiger partial charge < -0.3 is 14.8 Å². The van der Waals surface area contributed by atoms with Crippen molar-refractivity contribution in [2.75, 3.05) is 19.6 Å². The van der Waals surface area contributed by atoms with Crippen molar-refractivity contribution in [1.82, 2.24) is 19.8 Å². The minimum Gasteiger partial charge on any atom is -0.345 e. The van der Waals surface area contributed by atoms with Gasteiger partial charge in [0.1, 0.15) is 12.1 Å². The highest BCUT2D eigenvalue weighted by Crippen LogP contribution is 2.32. The first-order valence-corrected chi connectivity index (χ1v) is 9.14. The molecule has 148 valence electrons. The van der Waals surface area contributed by atoms with Crippen LogP contribution in [0.2, 0.25) is 0 Å². The Labute approximate surface area is 155 Å². The standard InChI is InChI=1S/C18H23F3N4O2/c19-18(20,21)12-23-16(27)17(25-11-8-22-13-25)6-9-24(10-7-17)15(26)14-4-2-1-3-5-14/h4,8,11,13H,1-3,5-7,9-10,12H2,(H,23,27). The van der Waals surface area contributed by atoms with Crippen LogP contribution in [-0.2, 0) is 15.1 Å². The second-order valence-electron chi connectivity index (χ2n) is 7.07. The van der Waals surface area contributed by atoms with Crippen LogP contribution in [0.25, 0.3) is 0 Å². The van der Waals surface area contributed by atoms with Crippen molar-refractivity contribution in [3.05, 3.63) is 30.4 Å². The number of hydrogen-bond donors (Lipinski definition) is 1. The average molecular weight is 384 g/mol. The van der Waals surface area contributed by atoms with Gasteiger partial charge in [0, 0.05) is 31.1 Å². The van der Waals surface area contributed by atoms with Crippen LogP contribution in [0.5, 0.6) is 0 Å². The molecule has 1 aromatic rings. The van der Waals surface area contributed by atoms with E-state index in [0.29, 0.717) is 13.1 Å². The van der Waals surface area contributed by atoms with E-state index in [4.69, 9.17) is 0 Å². The highest BCUT2D eigenvalue weighted by atomic mass is 19.4. The zero-order chi connectivity index (χ0) is 19.5. The highest BCUT2D eigenvalue weighted by molar-refractivity contribution is 5.94. The lowest BCUT2D eigenvalue weighted by atomic mass is 9.85.